The van der Waals surface area contributed by atoms with E-state index in [0.29, 0.717) is 5.56 Å². The van der Waals surface area contributed by atoms with Gasteiger partial charge in [-0.15, -0.1) is 0 Å². The zero-order valence-corrected chi connectivity index (χ0v) is 13.2. The molecule has 8 heteroatoms. The molecule has 0 spiro atoms. The van der Waals surface area contributed by atoms with Crippen LogP contribution in [-0.4, -0.2) is 23.0 Å². The Morgan fingerprint density at radius 1 is 1.15 bits per heavy atom. The molecule has 0 bridgehead atoms. The molecule has 0 aliphatic heterocycles. The van der Waals surface area contributed by atoms with Gasteiger partial charge in [0.1, 0.15) is 6.04 Å². The van der Waals surface area contributed by atoms with E-state index in [1.165, 1.54) is 36.4 Å². The molecule has 2 rings (SSSR count). The topological polar surface area (TPSA) is 90.2 Å². The van der Waals surface area contributed by atoms with E-state index in [2.05, 4.69) is 5.32 Å². The zero-order chi connectivity index (χ0) is 19.3. The minimum Gasteiger partial charge on any atom is -0.480 e. The molecule has 1 atom stereocenters. The number of nitrogens with zero attached hydrogens (tertiary/aromatic N) is 1. The fraction of sp³-hybridized carbons (Fsp3) is 0.167. The second kappa shape index (κ2) is 7.70. The molecule has 0 heterocycles. The zero-order valence-electron chi connectivity index (χ0n) is 13.2. The van der Waals surface area contributed by atoms with E-state index in [1.54, 1.807) is 0 Å². The van der Waals surface area contributed by atoms with Gasteiger partial charge >= 0.3 is 12.1 Å². The normalized spacial score (nSPS) is 12.1. The van der Waals surface area contributed by atoms with Crippen molar-refractivity contribution in [2.45, 2.75) is 18.6 Å². The number of nitrogens with one attached hydrogen (secondary N) is 1. The molecule has 0 radical (unpaired) electrons. The highest BCUT2D eigenvalue weighted by molar-refractivity contribution is 5.96. The lowest BCUT2D eigenvalue weighted by atomic mass is 10.0. The lowest BCUT2D eigenvalue weighted by molar-refractivity contribution is -0.139. The lowest BCUT2D eigenvalue weighted by Gasteiger charge is -2.16. The van der Waals surface area contributed by atoms with Crippen LogP contribution >= 0.6 is 0 Å². The van der Waals surface area contributed by atoms with Crippen molar-refractivity contribution in [3.8, 4) is 6.07 Å². The van der Waals surface area contributed by atoms with Crippen LogP contribution in [0.4, 0.5) is 13.2 Å². The Morgan fingerprint density at radius 3 is 2.35 bits per heavy atom. The summed E-state index contributed by atoms with van der Waals surface area (Å²) >= 11 is 0. The second-order valence-corrected chi connectivity index (χ2v) is 5.46. The van der Waals surface area contributed by atoms with Gasteiger partial charge in [0.25, 0.3) is 5.91 Å². The van der Waals surface area contributed by atoms with E-state index in [0.717, 1.165) is 12.1 Å². The van der Waals surface area contributed by atoms with Gasteiger partial charge in [0.2, 0.25) is 0 Å². The van der Waals surface area contributed by atoms with Gasteiger partial charge in [0.05, 0.1) is 17.2 Å². The Kier molecular flexibility index (Phi) is 5.62. The van der Waals surface area contributed by atoms with Crippen LogP contribution in [0.5, 0.6) is 0 Å². The predicted octanol–water partition coefficient (Wildman–Crippen LogP) is 3.00. The van der Waals surface area contributed by atoms with Gasteiger partial charge in [0.15, 0.2) is 0 Å². The van der Waals surface area contributed by atoms with E-state index in [4.69, 9.17) is 5.26 Å². The predicted molar refractivity (Wildman–Crippen MR) is 85.2 cm³/mol. The molecule has 1 amide bonds. The van der Waals surface area contributed by atoms with Gasteiger partial charge in [0, 0.05) is 12.0 Å². The molecule has 2 N–H and O–H groups in total. The number of halogens is 3. The third-order valence-electron chi connectivity index (χ3n) is 3.57. The summed E-state index contributed by atoms with van der Waals surface area (Å²) in [7, 11) is 0. The summed E-state index contributed by atoms with van der Waals surface area (Å²) < 4.78 is 38.2. The highest BCUT2D eigenvalue weighted by Gasteiger charge is 2.31. The summed E-state index contributed by atoms with van der Waals surface area (Å²) in [5.41, 5.74) is -0.287. The largest absolute Gasteiger partial charge is 0.480 e. The molecule has 26 heavy (non-hydrogen) atoms. The number of benzene rings is 2. The Hall–Kier alpha value is -3.34. The van der Waals surface area contributed by atoms with Crippen molar-refractivity contribution in [1.82, 2.24) is 5.32 Å². The Balaban J connectivity index is 2.15. The number of carbonyl (C=O) groups is 2. The number of carboxylic acids is 1. The Labute approximate surface area is 146 Å². The van der Waals surface area contributed by atoms with E-state index in [9.17, 15) is 27.9 Å². The van der Waals surface area contributed by atoms with Crippen LogP contribution in [0.1, 0.15) is 27.0 Å². The summed E-state index contributed by atoms with van der Waals surface area (Å²) in [6.45, 7) is 0. The van der Waals surface area contributed by atoms with Gasteiger partial charge in [-0.2, -0.15) is 18.4 Å². The fourth-order valence-electron chi connectivity index (χ4n) is 2.25. The first-order chi connectivity index (χ1) is 12.2. The van der Waals surface area contributed by atoms with Crippen molar-refractivity contribution >= 4 is 11.9 Å². The van der Waals surface area contributed by atoms with Crippen LogP contribution in [-0.2, 0) is 17.4 Å². The molecular weight excluding hydrogens is 349 g/mol. The first-order valence-electron chi connectivity index (χ1n) is 7.40. The number of rotatable bonds is 5. The van der Waals surface area contributed by atoms with Crippen LogP contribution in [0.2, 0.25) is 0 Å². The molecule has 0 aliphatic rings. The molecule has 0 aliphatic carbocycles. The van der Waals surface area contributed by atoms with Crippen molar-refractivity contribution in [1.29, 1.82) is 5.26 Å². The maximum absolute atomic E-state index is 12.7. The fourth-order valence-corrected chi connectivity index (χ4v) is 2.25. The highest BCUT2D eigenvalue weighted by atomic mass is 19.4. The molecule has 0 fully saturated rings. The number of hydrogen-bond acceptors (Lipinski definition) is 3. The van der Waals surface area contributed by atoms with Gasteiger partial charge in [-0.25, -0.2) is 4.79 Å². The maximum Gasteiger partial charge on any atom is 0.416 e. The molecule has 134 valence electrons. The van der Waals surface area contributed by atoms with Crippen molar-refractivity contribution in [3.63, 3.8) is 0 Å². The smallest absolute Gasteiger partial charge is 0.416 e. The maximum atomic E-state index is 12.7. The van der Waals surface area contributed by atoms with E-state index < -0.39 is 29.7 Å². The van der Waals surface area contributed by atoms with Crippen molar-refractivity contribution in [2.24, 2.45) is 0 Å². The number of hydrogen-bond donors (Lipinski definition) is 2. The monoisotopic (exact) mass is 362 g/mol. The molecule has 5 nitrogen and oxygen atoms in total. The highest BCUT2D eigenvalue weighted by Crippen LogP contribution is 2.29. The minimum atomic E-state index is -4.54. The molecule has 0 aromatic heterocycles. The van der Waals surface area contributed by atoms with E-state index >= 15 is 0 Å². The third-order valence-corrected chi connectivity index (χ3v) is 3.57. The van der Waals surface area contributed by atoms with Crippen molar-refractivity contribution in [3.05, 3.63) is 70.8 Å². The minimum absolute atomic E-state index is 0.132. The summed E-state index contributed by atoms with van der Waals surface area (Å²) in [6.07, 6.45) is -4.85. The van der Waals surface area contributed by atoms with Crippen LogP contribution in [0, 0.1) is 11.3 Å². The Morgan fingerprint density at radius 2 is 1.81 bits per heavy atom. The molecule has 0 unspecified atom stereocenters. The third kappa shape index (κ3) is 4.83. The summed E-state index contributed by atoms with van der Waals surface area (Å²) in [5, 5.41) is 20.3. The second-order valence-electron chi connectivity index (χ2n) is 5.46. The number of aliphatic carboxylic acids is 1. The summed E-state index contributed by atoms with van der Waals surface area (Å²) in [6, 6.07) is 10.3. The quantitative estimate of drug-likeness (QED) is 0.856. The number of nitriles is 1. The molecule has 0 saturated carbocycles. The average Bonchev–Trinajstić information content (AvgIpc) is 2.60. The van der Waals surface area contributed by atoms with Crippen LogP contribution in [0.3, 0.4) is 0 Å². The van der Waals surface area contributed by atoms with Crippen LogP contribution in [0.25, 0.3) is 0 Å². The van der Waals surface area contributed by atoms with Gasteiger partial charge in [-0.3, -0.25) is 4.79 Å². The van der Waals surface area contributed by atoms with Crippen molar-refractivity contribution in [2.75, 3.05) is 0 Å². The standard InChI is InChI=1S/C18H13F3N2O3/c19-18(20,21)14-3-1-2-12(8-14)9-15(17(25)26)23-16(24)13-6-4-11(10-22)5-7-13/h1-8,15H,9H2,(H,23,24)(H,25,26)/t15-/m0/s1. The van der Waals surface area contributed by atoms with E-state index in [1.807, 2.05) is 6.07 Å². The van der Waals surface area contributed by atoms with Gasteiger partial charge in [-0.05, 0) is 35.9 Å². The number of amides is 1. The average molecular weight is 362 g/mol. The van der Waals surface area contributed by atoms with E-state index in [-0.39, 0.29) is 17.5 Å². The number of carboxylic acid groups (broad SMARTS) is 1. The van der Waals surface area contributed by atoms with Crippen LogP contribution < -0.4 is 5.32 Å². The van der Waals surface area contributed by atoms with Gasteiger partial charge < -0.3 is 10.4 Å². The molecule has 0 saturated heterocycles. The Bertz CT molecular complexity index is 855. The molecular formula is C18H13F3N2O3. The van der Waals surface area contributed by atoms with Gasteiger partial charge in [-0.1, -0.05) is 18.2 Å². The molecule has 2 aromatic carbocycles. The molecule has 2 aromatic rings. The number of alkyl halides is 3. The first-order valence-corrected chi connectivity index (χ1v) is 7.40. The lowest BCUT2D eigenvalue weighted by Crippen LogP contribution is -2.42. The number of carbonyl (C=O) groups excluding carboxylic acids is 1. The SMILES string of the molecule is N#Cc1ccc(C(=O)N[C@@H](Cc2cccc(C(F)(F)F)c2)C(=O)O)cc1. The van der Waals surface area contributed by atoms with Crippen LogP contribution in [0.15, 0.2) is 48.5 Å². The summed E-state index contributed by atoms with van der Waals surface area (Å²) in [5.74, 6) is -2.07. The van der Waals surface area contributed by atoms with Crippen molar-refractivity contribution < 1.29 is 27.9 Å². The summed E-state index contributed by atoms with van der Waals surface area (Å²) in [4.78, 5) is 23.5. The first kappa shape index (κ1) is 19.0.